The number of benzene rings is 1. The summed E-state index contributed by atoms with van der Waals surface area (Å²) in [5, 5.41) is 0. The van der Waals surface area contributed by atoms with Crippen molar-refractivity contribution in [1.82, 2.24) is 0 Å². The smallest absolute Gasteiger partial charge is 0.270 e. The Morgan fingerprint density at radius 3 is 2.65 bits per heavy atom. The van der Waals surface area contributed by atoms with Crippen LogP contribution in [0.25, 0.3) is 6.08 Å². The van der Waals surface area contributed by atoms with Gasteiger partial charge in [0.2, 0.25) is 0 Å². The Labute approximate surface area is 133 Å². The minimum Gasteiger partial charge on any atom is -0.465 e. The third-order valence-corrected chi connectivity index (χ3v) is 4.53. The van der Waals surface area contributed by atoms with Crippen LogP contribution >= 0.6 is 39.9 Å². The molecule has 0 bridgehead atoms. The molecule has 1 aliphatic rings. The van der Waals surface area contributed by atoms with Crippen LogP contribution in [0.1, 0.15) is 5.76 Å². The number of hydrogen-bond acceptors (Lipinski definition) is 4. The first kappa shape index (κ1) is 13.6. The second kappa shape index (κ2) is 5.55. The second-order valence-corrected chi connectivity index (χ2v) is 6.60. The molecule has 0 N–H and O–H groups in total. The van der Waals surface area contributed by atoms with E-state index < -0.39 is 0 Å². The number of carbonyl (C=O) groups is 1. The Hall–Kier alpha value is -1.37. The normalized spacial score (nSPS) is 17.2. The number of thioether (sulfide) groups is 1. The van der Waals surface area contributed by atoms with Gasteiger partial charge in [-0.3, -0.25) is 9.69 Å². The second-order valence-electron chi connectivity index (χ2n) is 4.01. The van der Waals surface area contributed by atoms with Gasteiger partial charge < -0.3 is 4.42 Å². The molecule has 1 aromatic heterocycles. The minimum atomic E-state index is -0.126. The monoisotopic (exact) mass is 365 g/mol. The van der Waals surface area contributed by atoms with Crippen LogP contribution < -0.4 is 4.90 Å². The summed E-state index contributed by atoms with van der Waals surface area (Å²) in [7, 11) is 0. The van der Waals surface area contributed by atoms with Gasteiger partial charge in [-0.25, -0.2) is 0 Å². The first-order chi connectivity index (χ1) is 9.65. The molecule has 2 heterocycles. The van der Waals surface area contributed by atoms with Crippen molar-refractivity contribution in [1.29, 1.82) is 0 Å². The van der Waals surface area contributed by atoms with E-state index in [1.165, 1.54) is 16.7 Å². The fraction of sp³-hybridized carbons (Fsp3) is 0. The van der Waals surface area contributed by atoms with E-state index in [4.69, 9.17) is 16.6 Å². The van der Waals surface area contributed by atoms with E-state index in [0.29, 0.717) is 15.0 Å². The Bertz CT molecular complexity index is 692. The van der Waals surface area contributed by atoms with Crippen molar-refractivity contribution in [2.24, 2.45) is 0 Å². The molecule has 0 aliphatic carbocycles. The van der Waals surface area contributed by atoms with E-state index >= 15 is 0 Å². The largest absolute Gasteiger partial charge is 0.465 e. The molecule has 2 aromatic rings. The number of carbonyl (C=O) groups excluding carboxylic acids is 1. The number of thiocarbonyl (C=S) groups is 1. The van der Waals surface area contributed by atoms with Crippen molar-refractivity contribution >= 4 is 61.9 Å². The number of nitrogens with zero attached hydrogens (tertiary/aromatic N) is 1. The van der Waals surface area contributed by atoms with Crippen molar-refractivity contribution in [3.8, 4) is 0 Å². The lowest BCUT2D eigenvalue weighted by Crippen LogP contribution is -2.27. The number of amides is 1. The first-order valence-corrected chi connectivity index (χ1v) is 7.74. The average molecular weight is 366 g/mol. The van der Waals surface area contributed by atoms with Crippen LogP contribution in [0.3, 0.4) is 0 Å². The van der Waals surface area contributed by atoms with Gasteiger partial charge in [0.1, 0.15) is 5.76 Å². The molecule has 1 amide bonds. The summed E-state index contributed by atoms with van der Waals surface area (Å²) in [6.45, 7) is 0. The van der Waals surface area contributed by atoms with Crippen LogP contribution in [0.15, 0.2) is 56.5 Å². The van der Waals surface area contributed by atoms with Gasteiger partial charge in [0, 0.05) is 10.5 Å². The van der Waals surface area contributed by atoms with Crippen LogP contribution in [0.4, 0.5) is 5.69 Å². The fourth-order valence-electron chi connectivity index (χ4n) is 1.78. The van der Waals surface area contributed by atoms with Crippen LogP contribution in [-0.2, 0) is 4.79 Å². The van der Waals surface area contributed by atoms with Gasteiger partial charge in [0.25, 0.3) is 5.91 Å². The van der Waals surface area contributed by atoms with Gasteiger partial charge in [-0.15, -0.1) is 0 Å². The Morgan fingerprint density at radius 2 is 2.00 bits per heavy atom. The third-order valence-electron chi connectivity index (χ3n) is 2.70. The molecular formula is C14H8BrNO2S2. The molecule has 0 saturated carbocycles. The maximum Gasteiger partial charge on any atom is 0.270 e. The van der Waals surface area contributed by atoms with Gasteiger partial charge in [-0.1, -0.05) is 39.9 Å². The summed E-state index contributed by atoms with van der Waals surface area (Å²) < 4.78 is 6.71. The average Bonchev–Trinajstić information content (AvgIpc) is 3.02. The van der Waals surface area contributed by atoms with E-state index in [0.717, 1.165) is 10.2 Å². The van der Waals surface area contributed by atoms with Crippen LogP contribution in [0.5, 0.6) is 0 Å². The molecule has 0 spiro atoms. The Balaban J connectivity index is 1.93. The van der Waals surface area contributed by atoms with Crippen molar-refractivity contribution < 1.29 is 9.21 Å². The summed E-state index contributed by atoms with van der Waals surface area (Å²) in [4.78, 5) is 14.5. The molecule has 3 rings (SSSR count). The maximum atomic E-state index is 12.4. The van der Waals surface area contributed by atoms with Crippen LogP contribution in [0.2, 0.25) is 0 Å². The number of furan rings is 1. The molecule has 20 heavy (non-hydrogen) atoms. The lowest BCUT2D eigenvalue weighted by atomic mass is 10.3. The highest BCUT2D eigenvalue weighted by Gasteiger charge is 2.33. The van der Waals surface area contributed by atoms with Gasteiger partial charge in [-0.2, -0.15) is 0 Å². The molecule has 0 unspecified atom stereocenters. The van der Waals surface area contributed by atoms with Crippen LogP contribution in [-0.4, -0.2) is 10.2 Å². The van der Waals surface area contributed by atoms with E-state index in [9.17, 15) is 4.79 Å². The molecule has 1 aromatic carbocycles. The fourth-order valence-corrected chi connectivity index (χ4v) is 3.33. The zero-order valence-electron chi connectivity index (χ0n) is 10.1. The molecule has 1 saturated heterocycles. The molecule has 1 fully saturated rings. The summed E-state index contributed by atoms with van der Waals surface area (Å²) in [6.07, 6.45) is 3.28. The molecule has 1 aliphatic heterocycles. The number of rotatable bonds is 2. The summed E-state index contributed by atoms with van der Waals surface area (Å²) >= 11 is 9.94. The molecule has 0 radical (unpaired) electrons. The molecule has 6 heteroatoms. The zero-order valence-corrected chi connectivity index (χ0v) is 13.3. The van der Waals surface area contributed by atoms with Crippen molar-refractivity contribution in [2.75, 3.05) is 4.90 Å². The predicted molar refractivity (Wildman–Crippen MR) is 88.5 cm³/mol. The molecule has 0 atom stereocenters. The van der Waals surface area contributed by atoms with Gasteiger partial charge in [-0.05, 0) is 36.4 Å². The summed E-state index contributed by atoms with van der Waals surface area (Å²) in [5.41, 5.74) is 0.763. The van der Waals surface area contributed by atoms with Crippen molar-refractivity contribution in [3.05, 3.63) is 57.8 Å². The van der Waals surface area contributed by atoms with E-state index in [1.54, 1.807) is 24.5 Å². The summed E-state index contributed by atoms with van der Waals surface area (Å²) in [6, 6.07) is 11.0. The first-order valence-electron chi connectivity index (χ1n) is 5.72. The number of anilines is 1. The van der Waals surface area contributed by atoms with E-state index in [1.807, 2.05) is 24.3 Å². The Kier molecular flexibility index (Phi) is 3.78. The summed E-state index contributed by atoms with van der Waals surface area (Å²) in [5.74, 6) is 0.514. The predicted octanol–water partition coefficient (Wildman–Crippen LogP) is 4.45. The van der Waals surface area contributed by atoms with Crippen molar-refractivity contribution in [2.45, 2.75) is 0 Å². The Morgan fingerprint density at radius 1 is 1.25 bits per heavy atom. The SMILES string of the molecule is O=C1C(=Cc2ccco2)SC(=S)N1c1ccc(Br)cc1. The van der Waals surface area contributed by atoms with Gasteiger partial charge >= 0.3 is 0 Å². The molecular weight excluding hydrogens is 358 g/mol. The third kappa shape index (κ3) is 2.59. The molecule has 100 valence electrons. The lowest BCUT2D eigenvalue weighted by molar-refractivity contribution is -0.113. The molecule has 3 nitrogen and oxygen atoms in total. The topological polar surface area (TPSA) is 33.5 Å². The number of hydrogen-bond donors (Lipinski definition) is 0. The highest BCUT2D eigenvalue weighted by molar-refractivity contribution is 9.10. The van der Waals surface area contributed by atoms with Gasteiger partial charge in [0.15, 0.2) is 4.32 Å². The standard InChI is InChI=1S/C14H8BrNO2S2/c15-9-3-5-10(6-4-9)16-13(17)12(20-14(16)19)8-11-2-1-7-18-11/h1-8H. The lowest BCUT2D eigenvalue weighted by Gasteiger charge is -2.14. The number of halogens is 1. The van der Waals surface area contributed by atoms with Crippen LogP contribution in [0, 0.1) is 0 Å². The zero-order chi connectivity index (χ0) is 14.1. The van der Waals surface area contributed by atoms with E-state index in [2.05, 4.69) is 15.9 Å². The quantitative estimate of drug-likeness (QED) is 0.581. The maximum absolute atomic E-state index is 12.4. The van der Waals surface area contributed by atoms with E-state index in [-0.39, 0.29) is 5.91 Å². The minimum absolute atomic E-state index is 0.126. The van der Waals surface area contributed by atoms with Gasteiger partial charge in [0.05, 0.1) is 16.9 Å². The highest BCUT2D eigenvalue weighted by Crippen LogP contribution is 2.36. The van der Waals surface area contributed by atoms with Crippen molar-refractivity contribution in [3.63, 3.8) is 0 Å². The highest BCUT2D eigenvalue weighted by atomic mass is 79.9.